The fourth-order valence-electron chi connectivity index (χ4n) is 2.09. The largest absolute Gasteiger partial charge is 0.302 e. The molecule has 0 radical (unpaired) electrons. The Balaban J connectivity index is 2.65. The molecule has 1 rings (SSSR count). The number of nitrogens with zero attached hydrogens (tertiary/aromatic N) is 2. The Morgan fingerprint density at radius 1 is 1.12 bits per heavy atom. The molecule has 0 aliphatic carbocycles. The van der Waals surface area contributed by atoms with Gasteiger partial charge in [0.05, 0.1) is 12.0 Å². The summed E-state index contributed by atoms with van der Waals surface area (Å²) in [7, 11) is 0. The molecule has 0 heterocycles. The number of rotatable bonds is 7. The van der Waals surface area contributed by atoms with Crippen LogP contribution in [-0.2, 0) is 0 Å². The third kappa shape index (κ3) is 4.58. The highest BCUT2D eigenvalue weighted by Gasteiger charge is 2.14. The van der Waals surface area contributed by atoms with Gasteiger partial charge in [-0.3, -0.25) is 0 Å². The van der Waals surface area contributed by atoms with Crippen LogP contribution in [-0.4, -0.2) is 24.5 Å². The fourth-order valence-corrected chi connectivity index (χ4v) is 2.09. The van der Waals surface area contributed by atoms with Gasteiger partial charge >= 0.3 is 0 Å². The van der Waals surface area contributed by atoms with Crippen LogP contribution < -0.4 is 0 Å². The van der Waals surface area contributed by atoms with Crippen LogP contribution in [0.5, 0.6) is 0 Å². The van der Waals surface area contributed by atoms with E-state index in [0.29, 0.717) is 0 Å². The van der Waals surface area contributed by atoms with Crippen LogP contribution in [0.25, 0.3) is 0 Å². The van der Waals surface area contributed by atoms with E-state index in [-0.39, 0.29) is 5.92 Å². The molecule has 1 aromatic carbocycles. The smallest absolute Gasteiger partial charge is 0.0839 e. The van der Waals surface area contributed by atoms with Gasteiger partial charge in [-0.1, -0.05) is 44.2 Å². The minimum Gasteiger partial charge on any atom is -0.302 e. The quantitative estimate of drug-likeness (QED) is 0.717. The Labute approximate surface area is 105 Å². The lowest BCUT2D eigenvalue weighted by Gasteiger charge is -2.23. The average molecular weight is 230 g/mol. The first-order valence-electron chi connectivity index (χ1n) is 6.48. The normalized spacial score (nSPS) is 12.4. The van der Waals surface area contributed by atoms with E-state index in [1.165, 1.54) is 0 Å². The van der Waals surface area contributed by atoms with Crippen molar-refractivity contribution in [1.82, 2.24) is 4.90 Å². The first-order chi connectivity index (χ1) is 8.31. The molecule has 0 aromatic heterocycles. The summed E-state index contributed by atoms with van der Waals surface area (Å²) in [6.45, 7) is 7.39. The van der Waals surface area contributed by atoms with Gasteiger partial charge in [0.2, 0.25) is 0 Å². The van der Waals surface area contributed by atoms with Gasteiger partial charge in [0.25, 0.3) is 0 Å². The maximum atomic E-state index is 9.29. The lowest BCUT2D eigenvalue weighted by atomic mass is 10.00. The van der Waals surface area contributed by atoms with Crippen LogP contribution in [0.4, 0.5) is 0 Å². The first-order valence-corrected chi connectivity index (χ1v) is 6.48. The third-order valence-corrected chi connectivity index (χ3v) is 2.88. The van der Waals surface area contributed by atoms with E-state index in [2.05, 4.69) is 24.8 Å². The molecule has 1 aromatic rings. The molecule has 17 heavy (non-hydrogen) atoms. The minimum absolute atomic E-state index is 0.00528. The molecule has 0 bridgehead atoms. The molecular formula is C15H22N2. The monoisotopic (exact) mass is 230 g/mol. The van der Waals surface area contributed by atoms with Crippen molar-refractivity contribution in [2.24, 2.45) is 0 Å². The number of hydrogen-bond acceptors (Lipinski definition) is 2. The number of hydrogen-bond donors (Lipinski definition) is 0. The zero-order valence-electron chi connectivity index (χ0n) is 10.9. The zero-order valence-corrected chi connectivity index (χ0v) is 10.9. The second-order valence-electron chi connectivity index (χ2n) is 4.39. The highest BCUT2D eigenvalue weighted by atomic mass is 15.1. The molecule has 0 aliphatic heterocycles. The van der Waals surface area contributed by atoms with E-state index >= 15 is 0 Å². The van der Waals surface area contributed by atoms with Crippen LogP contribution >= 0.6 is 0 Å². The van der Waals surface area contributed by atoms with Crippen LogP contribution in [0, 0.1) is 11.3 Å². The van der Waals surface area contributed by atoms with Crippen molar-refractivity contribution in [3.05, 3.63) is 35.9 Å². The van der Waals surface area contributed by atoms with Gasteiger partial charge in [-0.05, 0) is 31.5 Å². The van der Waals surface area contributed by atoms with E-state index in [1.807, 2.05) is 30.3 Å². The van der Waals surface area contributed by atoms with Crippen molar-refractivity contribution < 1.29 is 0 Å². The van der Waals surface area contributed by atoms with Crippen LogP contribution in [0.1, 0.15) is 38.2 Å². The van der Waals surface area contributed by atoms with Gasteiger partial charge in [-0.15, -0.1) is 0 Å². The molecule has 0 N–H and O–H groups in total. The topological polar surface area (TPSA) is 27.0 Å². The highest BCUT2D eigenvalue weighted by molar-refractivity contribution is 5.25. The molecule has 0 spiro atoms. The molecule has 0 fully saturated rings. The molecule has 92 valence electrons. The number of nitriles is 1. The van der Waals surface area contributed by atoms with E-state index in [9.17, 15) is 5.26 Å². The zero-order chi connectivity index (χ0) is 12.5. The SMILES string of the molecule is CCCN(CCC)CC(C#N)c1ccccc1. The molecule has 1 unspecified atom stereocenters. The summed E-state index contributed by atoms with van der Waals surface area (Å²) in [5.74, 6) is -0.00528. The second kappa shape index (κ2) is 7.86. The van der Waals surface area contributed by atoms with E-state index in [4.69, 9.17) is 0 Å². The predicted octanol–water partition coefficient (Wildman–Crippen LogP) is 3.42. The van der Waals surface area contributed by atoms with E-state index in [0.717, 1.165) is 38.0 Å². The summed E-state index contributed by atoms with van der Waals surface area (Å²) >= 11 is 0. The van der Waals surface area contributed by atoms with Crippen molar-refractivity contribution in [2.75, 3.05) is 19.6 Å². The Morgan fingerprint density at radius 3 is 2.18 bits per heavy atom. The van der Waals surface area contributed by atoms with E-state index < -0.39 is 0 Å². The van der Waals surface area contributed by atoms with Crippen LogP contribution in [0.2, 0.25) is 0 Å². The molecule has 1 atom stereocenters. The Morgan fingerprint density at radius 2 is 1.71 bits per heavy atom. The fraction of sp³-hybridized carbons (Fsp3) is 0.533. The number of benzene rings is 1. The maximum absolute atomic E-state index is 9.29. The molecular weight excluding hydrogens is 208 g/mol. The average Bonchev–Trinajstić information content (AvgIpc) is 2.37. The molecule has 0 aliphatic rings. The molecule has 2 nitrogen and oxygen atoms in total. The van der Waals surface area contributed by atoms with Crippen LogP contribution in [0.15, 0.2) is 30.3 Å². The first kappa shape index (κ1) is 13.7. The van der Waals surface area contributed by atoms with Gasteiger partial charge in [0, 0.05) is 6.54 Å². The summed E-state index contributed by atoms with van der Waals surface area (Å²) in [5, 5.41) is 9.29. The Hall–Kier alpha value is -1.33. The third-order valence-electron chi connectivity index (χ3n) is 2.88. The van der Waals surface area contributed by atoms with Crippen molar-refractivity contribution in [3.63, 3.8) is 0 Å². The van der Waals surface area contributed by atoms with Gasteiger partial charge in [-0.25, -0.2) is 0 Å². The van der Waals surface area contributed by atoms with Gasteiger partial charge in [0.1, 0.15) is 0 Å². The Bertz CT molecular complexity index is 334. The van der Waals surface area contributed by atoms with E-state index in [1.54, 1.807) is 0 Å². The van der Waals surface area contributed by atoms with Crippen molar-refractivity contribution in [3.8, 4) is 6.07 Å². The molecule has 0 saturated carbocycles. The van der Waals surface area contributed by atoms with Crippen LogP contribution in [0.3, 0.4) is 0 Å². The van der Waals surface area contributed by atoms with Gasteiger partial charge < -0.3 is 4.90 Å². The summed E-state index contributed by atoms with van der Waals surface area (Å²) in [5.41, 5.74) is 1.13. The molecule has 2 heteroatoms. The maximum Gasteiger partial charge on any atom is 0.0839 e. The summed E-state index contributed by atoms with van der Waals surface area (Å²) in [6.07, 6.45) is 2.29. The lowest BCUT2D eigenvalue weighted by molar-refractivity contribution is 0.269. The van der Waals surface area contributed by atoms with Gasteiger partial charge in [0.15, 0.2) is 0 Å². The van der Waals surface area contributed by atoms with Crippen molar-refractivity contribution in [2.45, 2.75) is 32.6 Å². The standard InChI is InChI=1S/C15H22N2/c1-3-10-17(11-4-2)13-15(12-16)14-8-6-5-7-9-14/h5-9,15H,3-4,10-11,13H2,1-2H3. The van der Waals surface area contributed by atoms with Crippen molar-refractivity contribution >= 4 is 0 Å². The summed E-state index contributed by atoms with van der Waals surface area (Å²) in [4.78, 5) is 2.39. The highest BCUT2D eigenvalue weighted by Crippen LogP contribution is 2.16. The molecule has 0 saturated heterocycles. The summed E-state index contributed by atoms with van der Waals surface area (Å²) in [6, 6.07) is 12.5. The lowest BCUT2D eigenvalue weighted by Crippen LogP contribution is -2.29. The summed E-state index contributed by atoms with van der Waals surface area (Å²) < 4.78 is 0. The second-order valence-corrected chi connectivity index (χ2v) is 4.39. The minimum atomic E-state index is -0.00528. The van der Waals surface area contributed by atoms with Gasteiger partial charge in [-0.2, -0.15) is 5.26 Å². The predicted molar refractivity (Wildman–Crippen MR) is 71.8 cm³/mol. The van der Waals surface area contributed by atoms with Crippen molar-refractivity contribution in [1.29, 1.82) is 5.26 Å². The molecule has 0 amide bonds. The Kier molecular flexibility index (Phi) is 6.35.